The van der Waals surface area contributed by atoms with E-state index in [0.29, 0.717) is 54.6 Å². The van der Waals surface area contributed by atoms with Crippen LogP contribution in [0.25, 0.3) is 76.5 Å². The van der Waals surface area contributed by atoms with Crippen LogP contribution in [-0.4, -0.2) is 46.6 Å². The highest BCUT2D eigenvalue weighted by Gasteiger charge is 2.25. The zero-order chi connectivity index (χ0) is 36.3. The van der Waals surface area contributed by atoms with Gasteiger partial charge in [0.05, 0.1) is 14.2 Å². The molecule has 0 spiro atoms. The Hall–Kier alpha value is -7.06. The van der Waals surface area contributed by atoms with Gasteiger partial charge in [-0.05, 0) is 90.6 Å². The number of rotatable bonds is 5. The monoisotopic (exact) mass is 686 g/mol. The minimum absolute atomic E-state index is 0.0101. The highest BCUT2D eigenvalue weighted by Crippen LogP contribution is 2.49. The fraction of sp³-hybridized carbons (Fsp3) is 0.0455. The van der Waals surface area contributed by atoms with Gasteiger partial charge in [0.1, 0.15) is 34.1 Å². The topological polar surface area (TPSA) is 134 Å². The Balaban J connectivity index is 1.30. The van der Waals surface area contributed by atoms with Crippen molar-refractivity contribution in [1.29, 1.82) is 0 Å². The Labute approximate surface area is 297 Å². The molecule has 0 aliphatic heterocycles. The van der Waals surface area contributed by atoms with Crippen LogP contribution in [0.5, 0.6) is 23.0 Å². The Morgan fingerprint density at radius 3 is 1.19 bits per heavy atom. The lowest BCUT2D eigenvalue weighted by molar-refractivity contribution is 0.0588. The van der Waals surface area contributed by atoms with Crippen molar-refractivity contribution in [2.45, 2.75) is 0 Å². The number of benzene rings is 8. The third-order valence-electron chi connectivity index (χ3n) is 9.68. The first kappa shape index (κ1) is 32.2. The van der Waals surface area contributed by atoms with Crippen molar-refractivity contribution in [2.24, 2.45) is 0 Å². The van der Waals surface area contributed by atoms with Gasteiger partial charge in [0.15, 0.2) is 0 Å². The van der Waals surface area contributed by atoms with Crippen molar-refractivity contribution in [3.63, 3.8) is 0 Å². The van der Waals surface area contributed by atoms with Crippen molar-refractivity contribution < 1.29 is 39.5 Å². The average Bonchev–Trinajstić information content (AvgIpc) is 3.17. The smallest absolute Gasteiger partial charge is 0.341 e. The summed E-state index contributed by atoms with van der Waals surface area (Å²) in [6.07, 6.45) is 0. The molecular weight excluding hydrogens is 656 g/mol. The van der Waals surface area contributed by atoms with Crippen LogP contribution in [0.2, 0.25) is 0 Å². The highest BCUT2D eigenvalue weighted by molar-refractivity contribution is 6.15. The normalized spacial score (nSPS) is 11.3. The van der Waals surface area contributed by atoms with Crippen molar-refractivity contribution >= 4 is 55.0 Å². The lowest BCUT2D eigenvalue weighted by Crippen LogP contribution is -2.03. The first-order valence-corrected chi connectivity index (χ1v) is 16.4. The predicted molar refractivity (Wildman–Crippen MR) is 202 cm³/mol. The Morgan fingerprint density at radius 2 is 0.788 bits per heavy atom. The molecule has 8 aromatic carbocycles. The van der Waals surface area contributed by atoms with E-state index in [2.05, 4.69) is 0 Å². The van der Waals surface area contributed by atoms with Crippen LogP contribution in [-0.2, 0) is 9.47 Å². The van der Waals surface area contributed by atoms with Gasteiger partial charge < -0.3 is 29.9 Å². The van der Waals surface area contributed by atoms with E-state index in [4.69, 9.17) is 9.47 Å². The average molecular weight is 687 g/mol. The Kier molecular flexibility index (Phi) is 7.65. The molecule has 0 aliphatic carbocycles. The van der Waals surface area contributed by atoms with Crippen LogP contribution in [0.3, 0.4) is 0 Å². The van der Waals surface area contributed by atoms with Crippen molar-refractivity contribution in [1.82, 2.24) is 0 Å². The fourth-order valence-corrected chi connectivity index (χ4v) is 7.23. The minimum atomic E-state index is -0.695. The van der Waals surface area contributed by atoms with E-state index >= 15 is 0 Å². The molecule has 8 heteroatoms. The quantitative estimate of drug-likeness (QED) is 0.132. The molecule has 0 aromatic heterocycles. The molecule has 0 unspecified atom stereocenters. The van der Waals surface area contributed by atoms with Gasteiger partial charge in [-0.3, -0.25) is 0 Å². The maximum atomic E-state index is 12.7. The Morgan fingerprint density at radius 1 is 0.423 bits per heavy atom. The summed E-state index contributed by atoms with van der Waals surface area (Å²) in [5.41, 5.74) is 3.09. The summed E-state index contributed by atoms with van der Waals surface area (Å²) in [7, 11) is 2.50. The Bertz CT molecular complexity index is 2610. The molecule has 0 heterocycles. The zero-order valence-electron chi connectivity index (χ0n) is 28.0. The summed E-state index contributed by atoms with van der Waals surface area (Å²) in [4.78, 5) is 25.3. The van der Waals surface area contributed by atoms with E-state index in [1.54, 1.807) is 36.4 Å². The molecule has 52 heavy (non-hydrogen) atoms. The molecular formula is C44H30O8. The van der Waals surface area contributed by atoms with Gasteiger partial charge in [-0.1, -0.05) is 84.9 Å². The number of aromatic hydroxyl groups is 4. The number of fused-ring (bicyclic) bond motifs is 4. The molecule has 4 N–H and O–H groups in total. The van der Waals surface area contributed by atoms with Crippen molar-refractivity contribution in [3.05, 3.63) is 132 Å². The number of hydrogen-bond donors (Lipinski definition) is 4. The zero-order valence-corrected chi connectivity index (χ0v) is 28.0. The summed E-state index contributed by atoms with van der Waals surface area (Å²) < 4.78 is 9.89. The van der Waals surface area contributed by atoms with Crippen LogP contribution in [0.1, 0.15) is 20.7 Å². The van der Waals surface area contributed by atoms with Gasteiger partial charge in [-0.15, -0.1) is 0 Å². The van der Waals surface area contributed by atoms with E-state index in [9.17, 15) is 30.0 Å². The number of hydrogen-bond acceptors (Lipinski definition) is 8. The largest absolute Gasteiger partial charge is 0.507 e. The summed E-state index contributed by atoms with van der Waals surface area (Å²) >= 11 is 0. The molecule has 0 aliphatic rings. The molecule has 0 fully saturated rings. The van der Waals surface area contributed by atoms with Gasteiger partial charge in [0.2, 0.25) is 0 Å². The lowest BCUT2D eigenvalue weighted by Gasteiger charge is -2.17. The molecule has 254 valence electrons. The van der Waals surface area contributed by atoms with Gasteiger partial charge in [0.25, 0.3) is 0 Å². The van der Waals surface area contributed by atoms with Crippen LogP contribution in [0.4, 0.5) is 0 Å². The molecule has 0 saturated carbocycles. The summed E-state index contributed by atoms with van der Waals surface area (Å²) in [5.74, 6) is -2.10. The second-order valence-electron chi connectivity index (χ2n) is 12.5. The standard InChI is InChI=1S/C44H30O8/c1-51-43(49)33-21-25-7-3-5-9-29(25)39(41(33)47)37-31-15-11-23(19-27(31)13-17-35(37)45)24-12-16-32-28(20-24)14-18-36(46)38(32)40-30-10-6-4-8-26(30)22-34(42(40)48)44(50)52-2/h3-22,45-48H,1-2H3. The van der Waals surface area contributed by atoms with Crippen LogP contribution in [0.15, 0.2) is 121 Å². The molecule has 0 atom stereocenters. The summed E-state index contributed by atoms with van der Waals surface area (Å²) in [6, 6.07) is 36.0. The number of ether oxygens (including phenoxy) is 2. The second kappa shape index (κ2) is 12.4. The molecule has 8 nitrogen and oxygen atoms in total. The summed E-state index contributed by atoms with van der Waals surface area (Å²) in [5, 5.41) is 50.9. The van der Waals surface area contributed by atoms with E-state index in [1.165, 1.54) is 14.2 Å². The number of methoxy groups -OCH3 is 2. The molecule has 0 saturated heterocycles. The fourth-order valence-electron chi connectivity index (χ4n) is 7.23. The second-order valence-corrected chi connectivity index (χ2v) is 12.5. The molecule has 8 rings (SSSR count). The number of carbonyl (C=O) groups excluding carboxylic acids is 2. The maximum Gasteiger partial charge on any atom is 0.341 e. The molecule has 0 amide bonds. The molecule has 0 bridgehead atoms. The van der Waals surface area contributed by atoms with E-state index in [0.717, 1.165) is 21.9 Å². The van der Waals surface area contributed by atoms with E-state index in [1.807, 2.05) is 84.9 Å². The number of phenols is 4. The van der Waals surface area contributed by atoms with Crippen LogP contribution >= 0.6 is 0 Å². The number of carbonyl (C=O) groups is 2. The van der Waals surface area contributed by atoms with Gasteiger partial charge in [0, 0.05) is 22.3 Å². The summed E-state index contributed by atoms with van der Waals surface area (Å²) in [6.45, 7) is 0. The van der Waals surface area contributed by atoms with Crippen molar-refractivity contribution in [3.8, 4) is 56.4 Å². The third kappa shape index (κ3) is 5.00. The van der Waals surface area contributed by atoms with Gasteiger partial charge in [-0.25, -0.2) is 9.59 Å². The van der Waals surface area contributed by atoms with E-state index in [-0.39, 0.29) is 34.1 Å². The number of phenolic OH excluding ortho intramolecular Hbond substituents is 4. The predicted octanol–water partition coefficient (Wildman–Crippen LogP) is 9.70. The van der Waals surface area contributed by atoms with Crippen molar-refractivity contribution in [2.75, 3.05) is 14.2 Å². The van der Waals surface area contributed by atoms with Crippen LogP contribution < -0.4 is 0 Å². The first-order chi connectivity index (χ1) is 25.2. The molecule has 0 radical (unpaired) electrons. The molecule has 8 aromatic rings. The SMILES string of the molecule is COC(=O)c1cc2ccccc2c(-c2c(O)ccc3cc(-c4ccc5c(-c6c(O)c(C(=O)OC)cc7ccccc67)c(O)ccc5c4)ccc23)c1O. The maximum absolute atomic E-state index is 12.7. The van der Waals surface area contributed by atoms with Crippen LogP contribution in [0, 0.1) is 0 Å². The third-order valence-corrected chi connectivity index (χ3v) is 9.68. The number of esters is 2. The minimum Gasteiger partial charge on any atom is -0.507 e. The van der Waals surface area contributed by atoms with Gasteiger partial charge >= 0.3 is 11.9 Å². The van der Waals surface area contributed by atoms with E-state index < -0.39 is 11.9 Å². The lowest BCUT2D eigenvalue weighted by atomic mass is 9.88. The first-order valence-electron chi connectivity index (χ1n) is 16.4. The van der Waals surface area contributed by atoms with Gasteiger partial charge in [-0.2, -0.15) is 0 Å². The highest BCUT2D eigenvalue weighted by atomic mass is 16.5.